The Kier molecular flexibility index (Phi) is 3.33. The molecule has 78 valence electrons. The van der Waals surface area contributed by atoms with Crippen molar-refractivity contribution in [3.63, 3.8) is 0 Å². The van der Waals surface area contributed by atoms with E-state index >= 15 is 0 Å². The number of aliphatic carboxylic acids is 1. The standard InChI is InChI=1S/C11H17NO2/c1-7(2)11-9(4-5-10(13)14)8(3)6-12-11/h6-7,12H,4-5H2,1-3H3,(H,13,14). The minimum absolute atomic E-state index is 0.207. The number of aromatic amines is 1. The summed E-state index contributed by atoms with van der Waals surface area (Å²) in [6, 6.07) is 0. The predicted octanol–water partition coefficient (Wildman–Crippen LogP) is 2.46. The van der Waals surface area contributed by atoms with Gasteiger partial charge in [0.2, 0.25) is 0 Å². The second kappa shape index (κ2) is 4.31. The van der Waals surface area contributed by atoms with Crippen LogP contribution in [-0.4, -0.2) is 16.1 Å². The highest BCUT2D eigenvalue weighted by atomic mass is 16.4. The number of hydrogen-bond donors (Lipinski definition) is 2. The van der Waals surface area contributed by atoms with Gasteiger partial charge in [-0.1, -0.05) is 13.8 Å². The van der Waals surface area contributed by atoms with Crippen LogP contribution in [0.2, 0.25) is 0 Å². The lowest BCUT2D eigenvalue weighted by Crippen LogP contribution is -2.01. The molecule has 2 N–H and O–H groups in total. The molecule has 0 radical (unpaired) electrons. The number of carboxylic acids is 1. The molecule has 0 bridgehead atoms. The van der Waals surface area contributed by atoms with Crippen LogP contribution in [0.25, 0.3) is 0 Å². The molecule has 0 unspecified atom stereocenters. The lowest BCUT2D eigenvalue weighted by Gasteiger charge is -2.07. The van der Waals surface area contributed by atoms with E-state index < -0.39 is 5.97 Å². The van der Waals surface area contributed by atoms with E-state index in [1.54, 1.807) is 0 Å². The minimum Gasteiger partial charge on any atom is -0.481 e. The number of carbonyl (C=O) groups is 1. The van der Waals surface area contributed by atoms with Crippen molar-refractivity contribution in [2.24, 2.45) is 0 Å². The molecule has 3 heteroatoms. The number of hydrogen-bond acceptors (Lipinski definition) is 1. The topological polar surface area (TPSA) is 53.1 Å². The molecule has 14 heavy (non-hydrogen) atoms. The van der Waals surface area contributed by atoms with Crippen molar-refractivity contribution in [3.8, 4) is 0 Å². The van der Waals surface area contributed by atoms with Gasteiger partial charge in [0.25, 0.3) is 0 Å². The fourth-order valence-electron chi connectivity index (χ4n) is 1.65. The van der Waals surface area contributed by atoms with Crippen LogP contribution >= 0.6 is 0 Å². The van der Waals surface area contributed by atoms with Gasteiger partial charge in [-0.05, 0) is 30.4 Å². The highest BCUT2D eigenvalue weighted by Gasteiger charge is 2.12. The molecule has 0 aliphatic rings. The summed E-state index contributed by atoms with van der Waals surface area (Å²) in [4.78, 5) is 13.7. The molecule has 0 saturated heterocycles. The molecule has 1 aromatic heterocycles. The van der Waals surface area contributed by atoms with Crippen LogP contribution in [0.1, 0.15) is 43.0 Å². The lowest BCUT2D eigenvalue weighted by molar-refractivity contribution is -0.136. The predicted molar refractivity (Wildman–Crippen MR) is 55.6 cm³/mol. The molecular formula is C11H17NO2. The quantitative estimate of drug-likeness (QED) is 0.775. The van der Waals surface area contributed by atoms with E-state index in [4.69, 9.17) is 5.11 Å². The van der Waals surface area contributed by atoms with Gasteiger partial charge in [-0.3, -0.25) is 4.79 Å². The van der Waals surface area contributed by atoms with Gasteiger partial charge in [0, 0.05) is 18.3 Å². The maximum atomic E-state index is 10.5. The monoisotopic (exact) mass is 195 g/mol. The average molecular weight is 195 g/mol. The number of nitrogens with one attached hydrogen (secondary N) is 1. The molecule has 0 spiro atoms. The van der Waals surface area contributed by atoms with Crippen molar-refractivity contribution in [1.29, 1.82) is 0 Å². The first-order valence-electron chi connectivity index (χ1n) is 4.91. The molecule has 0 aliphatic carbocycles. The maximum Gasteiger partial charge on any atom is 0.303 e. The summed E-state index contributed by atoms with van der Waals surface area (Å²) in [7, 11) is 0. The summed E-state index contributed by atoms with van der Waals surface area (Å²) < 4.78 is 0. The second-order valence-electron chi connectivity index (χ2n) is 3.91. The smallest absolute Gasteiger partial charge is 0.303 e. The van der Waals surface area contributed by atoms with Crippen LogP contribution in [0.5, 0.6) is 0 Å². The van der Waals surface area contributed by atoms with E-state index in [0.29, 0.717) is 12.3 Å². The molecule has 1 heterocycles. The molecule has 0 aromatic carbocycles. The van der Waals surface area contributed by atoms with E-state index in [2.05, 4.69) is 18.8 Å². The highest BCUT2D eigenvalue weighted by molar-refractivity contribution is 5.67. The Morgan fingerprint density at radius 2 is 2.21 bits per heavy atom. The van der Waals surface area contributed by atoms with Gasteiger partial charge in [0.1, 0.15) is 0 Å². The van der Waals surface area contributed by atoms with E-state index in [0.717, 1.165) is 5.56 Å². The molecule has 3 nitrogen and oxygen atoms in total. The molecule has 0 amide bonds. The van der Waals surface area contributed by atoms with Gasteiger partial charge in [0.15, 0.2) is 0 Å². The molecule has 1 aromatic rings. The largest absolute Gasteiger partial charge is 0.481 e. The number of rotatable bonds is 4. The maximum absolute atomic E-state index is 10.5. The van der Waals surface area contributed by atoms with Gasteiger partial charge in [-0.2, -0.15) is 0 Å². The lowest BCUT2D eigenvalue weighted by atomic mass is 10.00. The summed E-state index contributed by atoms with van der Waals surface area (Å²) >= 11 is 0. The first-order chi connectivity index (χ1) is 6.52. The summed E-state index contributed by atoms with van der Waals surface area (Å²) in [6.07, 6.45) is 2.78. The minimum atomic E-state index is -0.736. The Hall–Kier alpha value is -1.25. The third-order valence-corrected chi connectivity index (χ3v) is 2.41. The Balaban J connectivity index is 2.82. The second-order valence-corrected chi connectivity index (χ2v) is 3.91. The van der Waals surface area contributed by atoms with Crippen LogP contribution in [0, 0.1) is 6.92 Å². The fourth-order valence-corrected chi connectivity index (χ4v) is 1.65. The van der Waals surface area contributed by atoms with Crippen molar-refractivity contribution >= 4 is 5.97 Å². The zero-order chi connectivity index (χ0) is 10.7. The zero-order valence-electron chi connectivity index (χ0n) is 8.92. The van der Waals surface area contributed by atoms with Crippen molar-refractivity contribution in [3.05, 3.63) is 23.0 Å². The van der Waals surface area contributed by atoms with Crippen molar-refractivity contribution in [2.45, 2.75) is 39.5 Å². The van der Waals surface area contributed by atoms with Gasteiger partial charge in [-0.15, -0.1) is 0 Å². The highest BCUT2D eigenvalue weighted by Crippen LogP contribution is 2.22. The Morgan fingerprint density at radius 3 is 2.71 bits per heavy atom. The first kappa shape index (κ1) is 10.8. The summed E-state index contributed by atoms with van der Waals surface area (Å²) in [6.45, 7) is 6.23. The van der Waals surface area contributed by atoms with Gasteiger partial charge in [0.05, 0.1) is 0 Å². The third-order valence-electron chi connectivity index (χ3n) is 2.41. The Bertz CT molecular complexity index is 326. The summed E-state index contributed by atoms with van der Waals surface area (Å²) in [5.74, 6) is -0.312. The third kappa shape index (κ3) is 2.37. The van der Waals surface area contributed by atoms with E-state index in [1.165, 1.54) is 11.3 Å². The zero-order valence-corrected chi connectivity index (χ0v) is 8.92. The van der Waals surface area contributed by atoms with Crippen LogP contribution in [0.4, 0.5) is 0 Å². The van der Waals surface area contributed by atoms with Gasteiger partial charge in [-0.25, -0.2) is 0 Å². The van der Waals surface area contributed by atoms with E-state index in [-0.39, 0.29) is 6.42 Å². The van der Waals surface area contributed by atoms with Crippen LogP contribution in [-0.2, 0) is 11.2 Å². The van der Waals surface area contributed by atoms with Gasteiger partial charge < -0.3 is 10.1 Å². The molecule has 0 saturated carbocycles. The normalized spacial score (nSPS) is 10.9. The first-order valence-corrected chi connectivity index (χ1v) is 4.91. The van der Waals surface area contributed by atoms with Crippen molar-refractivity contribution in [2.75, 3.05) is 0 Å². The van der Waals surface area contributed by atoms with Gasteiger partial charge >= 0.3 is 5.97 Å². The van der Waals surface area contributed by atoms with Crippen LogP contribution in [0.15, 0.2) is 6.20 Å². The molecule has 0 fully saturated rings. The van der Waals surface area contributed by atoms with Crippen molar-refractivity contribution < 1.29 is 9.90 Å². The Morgan fingerprint density at radius 1 is 1.57 bits per heavy atom. The molecule has 0 aliphatic heterocycles. The summed E-state index contributed by atoms with van der Waals surface area (Å²) in [5, 5.41) is 8.62. The van der Waals surface area contributed by atoms with E-state index in [1.807, 2.05) is 13.1 Å². The molecule has 0 atom stereocenters. The Labute approximate surface area is 84.2 Å². The van der Waals surface area contributed by atoms with E-state index in [9.17, 15) is 4.79 Å². The average Bonchev–Trinajstić information content (AvgIpc) is 2.43. The SMILES string of the molecule is Cc1c[nH]c(C(C)C)c1CCC(=O)O. The number of H-pyrrole nitrogens is 1. The number of aryl methyl sites for hydroxylation is 1. The van der Waals surface area contributed by atoms with Crippen LogP contribution < -0.4 is 0 Å². The molecule has 1 rings (SSSR count). The number of carboxylic acid groups (broad SMARTS) is 1. The molecular weight excluding hydrogens is 178 g/mol. The van der Waals surface area contributed by atoms with Crippen LogP contribution in [0.3, 0.4) is 0 Å². The summed E-state index contributed by atoms with van der Waals surface area (Å²) in [5.41, 5.74) is 3.50. The fraction of sp³-hybridized carbons (Fsp3) is 0.545. The number of aromatic nitrogens is 1. The van der Waals surface area contributed by atoms with Crippen molar-refractivity contribution in [1.82, 2.24) is 4.98 Å².